The number of likely N-dealkylation sites (N-methyl/N-ethyl adjacent to an activating group) is 1. The summed E-state index contributed by atoms with van der Waals surface area (Å²) in [6.07, 6.45) is 0.728. The summed E-state index contributed by atoms with van der Waals surface area (Å²) in [6, 6.07) is 5.68. The van der Waals surface area contributed by atoms with Crippen LogP contribution in [0.15, 0.2) is 18.2 Å². The summed E-state index contributed by atoms with van der Waals surface area (Å²) in [7, 11) is 1.23. The van der Waals surface area contributed by atoms with E-state index in [-0.39, 0.29) is 18.3 Å². The van der Waals surface area contributed by atoms with Gasteiger partial charge in [-0.15, -0.1) is 11.6 Å². The molecule has 0 aliphatic heterocycles. The molecule has 2 amide bonds. The number of nitrogens with zero attached hydrogens (tertiary/aromatic N) is 2. The third kappa shape index (κ3) is 3.71. The van der Waals surface area contributed by atoms with E-state index in [4.69, 9.17) is 11.6 Å². The van der Waals surface area contributed by atoms with E-state index in [0.717, 1.165) is 17.5 Å². The fraction of sp³-hybridized carbons (Fsp3) is 0.429. The van der Waals surface area contributed by atoms with Crippen molar-refractivity contribution in [3.63, 3.8) is 0 Å². The molecular formula is C14H19ClN2O3. The van der Waals surface area contributed by atoms with E-state index in [1.807, 2.05) is 32.0 Å². The van der Waals surface area contributed by atoms with Crippen molar-refractivity contribution in [1.82, 2.24) is 5.06 Å². The summed E-state index contributed by atoms with van der Waals surface area (Å²) >= 11 is 5.63. The fourth-order valence-corrected chi connectivity index (χ4v) is 2.14. The highest BCUT2D eigenvalue weighted by atomic mass is 35.5. The summed E-state index contributed by atoms with van der Waals surface area (Å²) in [5, 5.41) is 9.65. The Labute approximate surface area is 123 Å². The minimum atomic E-state index is -0.575. The third-order valence-corrected chi connectivity index (χ3v) is 3.27. The predicted octanol–water partition coefficient (Wildman–Crippen LogP) is 1.98. The first-order valence-electron chi connectivity index (χ1n) is 6.32. The molecular weight excluding hydrogens is 280 g/mol. The Balaban J connectivity index is 3.24. The van der Waals surface area contributed by atoms with E-state index in [1.54, 1.807) is 0 Å². The molecule has 0 radical (unpaired) electrons. The number of carbonyl (C=O) groups is 2. The zero-order chi connectivity index (χ0) is 15.3. The molecule has 1 rings (SSSR count). The van der Waals surface area contributed by atoms with Gasteiger partial charge in [0, 0.05) is 7.05 Å². The lowest BCUT2D eigenvalue weighted by Crippen LogP contribution is -2.42. The highest BCUT2D eigenvalue weighted by molar-refractivity contribution is 6.29. The van der Waals surface area contributed by atoms with E-state index < -0.39 is 5.91 Å². The Bertz CT molecular complexity index is 503. The molecule has 0 aliphatic carbocycles. The number of benzene rings is 1. The smallest absolute Gasteiger partial charge is 0.265 e. The van der Waals surface area contributed by atoms with Crippen LogP contribution < -0.4 is 4.90 Å². The standard InChI is InChI=1S/C14H19ClN2O3/c1-4-11-7-5-6-10(2)14(11)17(12(18)8-15)9-13(19)16(3)20/h5-7,20H,4,8-9H2,1-3H3. The van der Waals surface area contributed by atoms with Crippen molar-refractivity contribution in [1.29, 1.82) is 0 Å². The molecule has 0 saturated carbocycles. The predicted molar refractivity (Wildman–Crippen MR) is 78.2 cm³/mol. The Morgan fingerprint density at radius 3 is 2.45 bits per heavy atom. The van der Waals surface area contributed by atoms with Crippen molar-refractivity contribution in [3.8, 4) is 0 Å². The van der Waals surface area contributed by atoms with Crippen LogP contribution >= 0.6 is 11.6 Å². The summed E-state index contributed by atoms with van der Waals surface area (Å²) in [5.74, 6) is -1.17. The molecule has 5 nitrogen and oxygen atoms in total. The van der Waals surface area contributed by atoms with Gasteiger partial charge < -0.3 is 4.90 Å². The molecule has 0 bridgehead atoms. The topological polar surface area (TPSA) is 60.9 Å². The van der Waals surface area contributed by atoms with Crippen LogP contribution in [0.25, 0.3) is 0 Å². The van der Waals surface area contributed by atoms with Crippen LogP contribution in [-0.2, 0) is 16.0 Å². The molecule has 0 unspecified atom stereocenters. The van der Waals surface area contributed by atoms with Gasteiger partial charge in [-0.05, 0) is 24.5 Å². The van der Waals surface area contributed by atoms with Crippen LogP contribution in [0.2, 0.25) is 0 Å². The maximum atomic E-state index is 12.0. The molecule has 20 heavy (non-hydrogen) atoms. The van der Waals surface area contributed by atoms with Gasteiger partial charge in [-0.3, -0.25) is 14.8 Å². The van der Waals surface area contributed by atoms with Gasteiger partial charge in [0.25, 0.3) is 5.91 Å². The molecule has 1 N–H and O–H groups in total. The zero-order valence-corrected chi connectivity index (χ0v) is 12.6. The first kappa shape index (κ1) is 16.5. The number of amides is 2. The van der Waals surface area contributed by atoms with Crippen molar-refractivity contribution >= 4 is 29.1 Å². The van der Waals surface area contributed by atoms with Crippen LogP contribution in [0.5, 0.6) is 0 Å². The van der Waals surface area contributed by atoms with E-state index in [9.17, 15) is 14.8 Å². The Morgan fingerprint density at radius 1 is 1.30 bits per heavy atom. The van der Waals surface area contributed by atoms with Crippen molar-refractivity contribution in [2.24, 2.45) is 0 Å². The minimum Gasteiger partial charge on any atom is -0.301 e. The van der Waals surface area contributed by atoms with Gasteiger partial charge in [-0.2, -0.15) is 0 Å². The van der Waals surface area contributed by atoms with Crippen LogP contribution in [0.4, 0.5) is 5.69 Å². The number of carbonyl (C=O) groups excluding carboxylic acids is 2. The molecule has 1 aromatic carbocycles. The summed E-state index contributed by atoms with van der Waals surface area (Å²) in [6.45, 7) is 3.61. The van der Waals surface area contributed by atoms with E-state index in [2.05, 4.69) is 0 Å². The number of halogens is 1. The molecule has 0 spiro atoms. The summed E-state index contributed by atoms with van der Waals surface area (Å²) in [5.41, 5.74) is 2.53. The molecule has 0 saturated heterocycles. The lowest BCUT2D eigenvalue weighted by molar-refractivity contribution is -0.157. The van der Waals surface area contributed by atoms with Crippen LogP contribution in [-0.4, -0.2) is 41.6 Å². The first-order valence-corrected chi connectivity index (χ1v) is 6.86. The van der Waals surface area contributed by atoms with Crippen LogP contribution in [0, 0.1) is 6.92 Å². The average Bonchev–Trinajstić information content (AvgIpc) is 2.43. The second kappa shape index (κ2) is 7.26. The molecule has 6 heteroatoms. The molecule has 110 valence electrons. The lowest BCUT2D eigenvalue weighted by atomic mass is 10.0. The second-order valence-corrected chi connectivity index (χ2v) is 4.73. The molecule has 0 heterocycles. The number of aryl methyl sites for hydroxylation is 2. The Morgan fingerprint density at radius 2 is 1.95 bits per heavy atom. The Hall–Kier alpha value is -1.59. The number of hydrogen-bond acceptors (Lipinski definition) is 3. The van der Waals surface area contributed by atoms with Gasteiger partial charge in [0.15, 0.2) is 0 Å². The molecule has 0 fully saturated rings. The number of rotatable bonds is 5. The van der Waals surface area contributed by atoms with Gasteiger partial charge in [0.1, 0.15) is 12.4 Å². The monoisotopic (exact) mass is 298 g/mol. The number of hydroxylamine groups is 2. The van der Waals surface area contributed by atoms with Crippen molar-refractivity contribution < 1.29 is 14.8 Å². The maximum Gasteiger partial charge on any atom is 0.265 e. The van der Waals surface area contributed by atoms with Crippen LogP contribution in [0.1, 0.15) is 18.1 Å². The SMILES string of the molecule is CCc1cccc(C)c1N(CC(=O)N(C)O)C(=O)CCl. The normalized spacial score (nSPS) is 10.2. The molecule has 0 aliphatic rings. The largest absolute Gasteiger partial charge is 0.301 e. The van der Waals surface area contributed by atoms with Crippen molar-refractivity contribution in [3.05, 3.63) is 29.3 Å². The zero-order valence-electron chi connectivity index (χ0n) is 11.9. The number of hydrogen-bond donors (Lipinski definition) is 1. The van der Waals surface area contributed by atoms with E-state index >= 15 is 0 Å². The van der Waals surface area contributed by atoms with E-state index in [0.29, 0.717) is 10.8 Å². The van der Waals surface area contributed by atoms with Gasteiger partial charge in [0.05, 0.1) is 5.69 Å². The molecule has 1 aromatic rings. The molecule has 0 aromatic heterocycles. The van der Waals surface area contributed by atoms with Gasteiger partial charge in [-0.1, -0.05) is 25.1 Å². The third-order valence-electron chi connectivity index (χ3n) is 3.04. The highest BCUT2D eigenvalue weighted by Crippen LogP contribution is 2.26. The van der Waals surface area contributed by atoms with Crippen molar-refractivity contribution in [2.75, 3.05) is 24.4 Å². The first-order chi connectivity index (χ1) is 9.42. The summed E-state index contributed by atoms with van der Waals surface area (Å²) in [4.78, 5) is 25.1. The maximum absolute atomic E-state index is 12.0. The highest BCUT2D eigenvalue weighted by Gasteiger charge is 2.23. The quantitative estimate of drug-likeness (QED) is 0.514. The van der Waals surface area contributed by atoms with E-state index in [1.165, 1.54) is 11.9 Å². The second-order valence-electron chi connectivity index (χ2n) is 4.47. The summed E-state index contributed by atoms with van der Waals surface area (Å²) < 4.78 is 0. The van der Waals surface area contributed by atoms with Crippen molar-refractivity contribution in [2.45, 2.75) is 20.3 Å². The number of anilines is 1. The Kier molecular flexibility index (Phi) is 5.98. The average molecular weight is 299 g/mol. The minimum absolute atomic E-state index is 0.222. The van der Waals surface area contributed by atoms with Crippen LogP contribution in [0.3, 0.4) is 0 Å². The number of alkyl halides is 1. The number of para-hydroxylation sites is 1. The molecule has 0 atom stereocenters. The van der Waals surface area contributed by atoms with Gasteiger partial charge in [-0.25, -0.2) is 5.06 Å². The fourth-order valence-electron chi connectivity index (χ4n) is 1.99. The van der Waals surface area contributed by atoms with Gasteiger partial charge >= 0.3 is 0 Å². The lowest BCUT2D eigenvalue weighted by Gasteiger charge is -2.26. The van der Waals surface area contributed by atoms with Gasteiger partial charge in [0.2, 0.25) is 5.91 Å².